The Bertz CT molecular complexity index is 1140. The molecule has 1 aliphatic rings. The van der Waals surface area contributed by atoms with E-state index in [1.807, 2.05) is 35.9 Å². The van der Waals surface area contributed by atoms with Gasteiger partial charge in [0.2, 0.25) is 0 Å². The molecular formula is C22H17N3O3S. The first-order chi connectivity index (χ1) is 13.9. The highest BCUT2D eigenvalue weighted by Crippen LogP contribution is 2.24. The first-order valence-electron chi connectivity index (χ1n) is 8.89. The van der Waals surface area contributed by atoms with Crippen LogP contribution in [0.2, 0.25) is 0 Å². The molecule has 29 heavy (non-hydrogen) atoms. The van der Waals surface area contributed by atoms with Crippen LogP contribution in [0.5, 0.6) is 5.75 Å². The maximum Gasteiger partial charge on any atom is 0.270 e. The number of aryl methyl sites for hydroxylation is 1. The molecule has 6 nitrogen and oxygen atoms in total. The van der Waals surface area contributed by atoms with E-state index in [1.165, 1.54) is 11.0 Å². The first kappa shape index (κ1) is 18.6. The summed E-state index contributed by atoms with van der Waals surface area (Å²) in [6.45, 7) is 1.95. The number of phenols is 1. The third kappa shape index (κ3) is 3.55. The maximum absolute atomic E-state index is 13.1. The number of rotatable bonds is 3. The van der Waals surface area contributed by atoms with Gasteiger partial charge in [-0.15, -0.1) is 0 Å². The lowest BCUT2D eigenvalue weighted by molar-refractivity contribution is -0.122. The molecule has 1 aliphatic heterocycles. The van der Waals surface area contributed by atoms with Crippen molar-refractivity contribution in [1.29, 1.82) is 0 Å². The number of aromatic hydroxyl groups is 1. The van der Waals surface area contributed by atoms with E-state index < -0.39 is 11.8 Å². The summed E-state index contributed by atoms with van der Waals surface area (Å²) in [5, 5.41) is 12.1. The Balaban J connectivity index is 1.73. The standard InChI is InChI=1S/C22H17N3O3S/c1-14-4-6-16(7-5-14)25-21(28)19(20(27)23-22(25)29)13-17-3-2-12-24(17)15-8-10-18(26)11-9-15/h2-13,26H,1H3,(H,23,27,29)/b19-13+. The summed E-state index contributed by atoms with van der Waals surface area (Å²) < 4.78 is 1.82. The maximum atomic E-state index is 13.1. The lowest BCUT2D eigenvalue weighted by atomic mass is 10.1. The second kappa shape index (κ2) is 7.37. The van der Waals surface area contributed by atoms with Gasteiger partial charge in [0.05, 0.1) is 5.69 Å². The molecule has 0 radical (unpaired) electrons. The lowest BCUT2D eigenvalue weighted by Gasteiger charge is -2.29. The van der Waals surface area contributed by atoms with Crippen LogP contribution in [0.15, 0.2) is 72.4 Å². The number of nitrogens with one attached hydrogen (secondary N) is 1. The molecule has 7 heteroatoms. The molecule has 1 fully saturated rings. The van der Waals surface area contributed by atoms with Crippen molar-refractivity contribution in [2.24, 2.45) is 0 Å². The van der Waals surface area contributed by atoms with Gasteiger partial charge in [0.25, 0.3) is 11.8 Å². The Morgan fingerprint density at radius 1 is 0.966 bits per heavy atom. The fourth-order valence-electron chi connectivity index (χ4n) is 3.09. The summed E-state index contributed by atoms with van der Waals surface area (Å²) in [7, 11) is 0. The number of benzene rings is 2. The van der Waals surface area contributed by atoms with Crippen LogP contribution in [0, 0.1) is 6.92 Å². The molecule has 144 valence electrons. The summed E-state index contributed by atoms with van der Waals surface area (Å²) in [6, 6.07) is 17.6. The zero-order valence-electron chi connectivity index (χ0n) is 15.5. The Morgan fingerprint density at radius 2 is 1.62 bits per heavy atom. The van der Waals surface area contributed by atoms with E-state index in [-0.39, 0.29) is 16.4 Å². The van der Waals surface area contributed by atoms with Crippen LogP contribution in [-0.2, 0) is 9.59 Å². The third-order valence-corrected chi connectivity index (χ3v) is 4.88. The Kier molecular flexibility index (Phi) is 4.74. The van der Waals surface area contributed by atoms with E-state index >= 15 is 0 Å². The highest BCUT2D eigenvalue weighted by Gasteiger charge is 2.34. The van der Waals surface area contributed by atoms with Crippen LogP contribution >= 0.6 is 12.2 Å². The predicted octanol–water partition coefficient (Wildman–Crippen LogP) is 3.32. The minimum absolute atomic E-state index is 0.0158. The Morgan fingerprint density at radius 3 is 2.31 bits per heavy atom. The molecule has 3 aromatic rings. The van der Waals surface area contributed by atoms with Gasteiger partial charge in [-0.1, -0.05) is 17.7 Å². The van der Waals surface area contributed by atoms with Gasteiger partial charge < -0.3 is 9.67 Å². The van der Waals surface area contributed by atoms with Crippen molar-refractivity contribution in [2.45, 2.75) is 6.92 Å². The minimum Gasteiger partial charge on any atom is -0.508 e. The number of hydrogen-bond donors (Lipinski definition) is 2. The van der Waals surface area contributed by atoms with Crippen molar-refractivity contribution in [3.05, 3.63) is 83.7 Å². The fraction of sp³-hybridized carbons (Fsp3) is 0.0455. The number of carbonyl (C=O) groups is 2. The van der Waals surface area contributed by atoms with Crippen molar-refractivity contribution >= 4 is 40.9 Å². The zero-order chi connectivity index (χ0) is 20.5. The molecule has 2 amide bonds. The molecule has 2 heterocycles. The number of phenolic OH excluding ortho intramolecular Hbond substituents is 1. The SMILES string of the molecule is Cc1ccc(N2C(=O)/C(=C/c3cccn3-c3ccc(O)cc3)C(=O)NC2=S)cc1. The van der Waals surface area contributed by atoms with Gasteiger partial charge >= 0.3 is 0 Å². The molecule has 0 unspecified atom stereocenters. The van der Waals surface area contributed by atoms with E-state index in [4.69, 9.17) is 12.2 Å². The van der Waals surface area contributed by atoms with Crippen LogP contribution in [0.1, 0.15) is 11.3 Å². The second-order valence-corrected chi connectivity index (χ2v) is 7.00. The summed E-state index contributed by atoms with van der Waals surface area (Å²) in [4.78, 5) is 26.9. The van der Waals surface area contributed by atoms with E-state index in [0.29, 0.717) is 11.4 Å². The molecule has 0 aliphatic carbocycles. The number of amides is 2. The predicted molar refractivity (Wildman–Crippen MR) is 115 cm³/mol. The molecule has 0 saturated carbocycles. The largest absolute Gasteiger partial charge is 0.508 e. The van der Waals surface area contributed by atoms with Gasteiger partial charge in [-0.05, 0) is 73.7 Å². The number of hydrogen-bond acceptors (Lipinski definition) is 4. The molecule has 0 spiro atoms. The number of carbonyl (C=O) groups excluding carboxylic acids is 2. The van der Waals surface area contributed by atoms with Crippen LogP contribution in [0.3, 0.4) is 0 Å². The molecule has 2 N–H and O–H groups in total. The zero-order valence-corrected chi connectivity index (χ0v) is 16.3. The molecule has 2 aromatic carbocycles. The van der Waals surface area contributed by atoms with E-state index in [1.54, 1.807) is 42.5 Å². The molecule has 4 rings (SSSR count). The first-order valence-corrected chi connectivity index (χ1v) is 9.30. The van der Waals surface area contributed by atoms with E-state index in [9.17, 15) is 14.7 Å². The molecule has 1 saturated heterocycles. The Hall–Kier alpha value is -3.71. The van der Waals surface area contributed by atoms with Crippen molar-refractivity contribution in [3.63, 3.8) is 0 Å². The van der Waals surface area contributed by atoms with E-state index in [2.05, 4.69) is 5.32 Å². The molecule has 0 atom stereocenters. The molecule has 0 bridgehead atoms. The van der Waals surface area contributed by atoms with Crippen molar-refractivity contribution in [3.8, 4) is 11.4 Å². The number of aromatic nitrogens is 1. The lowest BCUT2D eigenvalue weighted by Crippen LogP contribution is -2.54. The molecular weight excluding hydrogens is 386 g/mol. The smallest absolute Gasteiger partial charge is 0.270 e. The number of nitrogens with zero attached hydrogens (tertiary/aromatic N) is 2. The average molecular weight is 403 g/mol. The second-order valence-electron chi connectivity index (χ2n) is 6.61. The Labute approximate surface area is 172 Å². The summed E-state index contributed by atoms with van der Waals surface area (Å²) in [5.41, 5.74) is 3.05. The summed E-state index contributed by atoms with van der Waals surface area (Å²) >= 11 is 5.23. The number of thiocarbonyl (C=S) groups is 1. The number of anilines is 1. The van der Waals surface area contributed by atoms with Crippen molar-refractivity contribution < 1.29 is 14.7 Å². The molecule has 1 aromatic heterocycles. The van der Waals surface area contributed by atoms with Gasteiger partial charge in [-0.25, -0.2) is 0 Å². The highest BCUT2D eigenvalue weighted by molar-refractivity contribution is 7.80. The third-order valence-electron chi connectivity index (χ3n) is 4.59. The average Bonchev–Trinajstić information content (AvgIpc) is 3.15. The monoisotopic (exact) mass is 403 g/mol. The van der Waals surface area contributed by atoms with Crippen molar-refractivity contribution in [1.82, 2.24) is 9.88 Å². The van der Waals surface area contributed by atoms with Gasteiger partial charge in [0.15, 0.2) is 5.11 Å². The van der Waals surface area contributed by atoms with Crippen LogP contribution in [0.4, 0.5) is 5.69 Å². The van der Waals surface area contributed by atoms with Crippen molar-refractivity contribution in [2.75, 3.05) is 4.90 Å². The van der Waals surface area contributed by atoms with Crippen LogP contribution < -0.4 is 10.2 Å². The normalized spacial score (nSPS) is 15.7. The van der Waals surface area contributed by atoms with E-state index in [0.717, 1.165) is 11.3 Å². The fourth-order valence-corrected chi connectivity index (χ4v) is 3.37. The highest BCUT2D eigenvalue weighted by atomic mass is 32.1. The quantitative estimate of drug-likeness (QED) is 0.400. The minimum atomic E-state index is -0.540. The van der Waals surface area contributed by atoms with Gasteiger partial charge in [0, 0.05) is 17.6 Å². The topological polar surface area (TPSA) is 74.6 Å². The van der Waals surface area contributed by atoms with Crippen LogP contribution in [-0.4, -0.2) is 26.6 Å². The van der Waals surface area contributed by atoms with Gasteiger partial charge in [-0.2, -0.15) is 0 Å². The summed E-state index contributed by atoms with van der Waals surface area (Å²) in [5.74, 6) is -0.868. The summed E-state index contributed by atoms with van der Waals surface area (Å²) in [6.07, 6.45) is 3.35. The van der Waals surface area contributed by atoms with Gasteiger partial charge in [-0.3, -0.25) is 19.8 Å². The van der Waals surface area contributed by atoms with Crippen LogP contribution in [0.25, 0.3) is 11.8 Å². The van der Waals surface area contributed by atoms with Gasteiger partial charge in [0.1, 0.15) is 11.3 Å².